The summed E-state index contributed by atoms with van der Waals surface area (Å²) in [4.78, 5) is 17.8. The Labute approximate surface area is 152 Å². The zero-order valence-corrected chi connectivity index (χ0v) is 15.5. The van der Waals surface area contributed by atoms with Gasteiger partial charge in [0.1, 0.15) is 5.82 Å². The third-order valence-electron chi connectivity index (χ3n) is 4.52. The first-order chi connectivity index (χ1) is 12.0. The molecule has 1 fully saturated rings. The summed E-state index contributed by atoms with van der Waals surface area (Å²) in [6.45, 7) is 7.14. The van der Waals surface area contributed by atoms with Crippen molar-refractivity contribution in [1.82, 2.24) is 4.90 Å². The molecule has 1 saturated heterocycles. The molecular weight excluding hydrogens is 335 g/mol. The van der Waals surface area contributed by atoms with Gasteiger partial charge >= 0.3 is 0 Å². The van der Waals surface area contributed by atoms with Crippen LogP contribution >= 0.6 is 11.8 Å². The fourth-order valence-corrected chi connectivity index (χ4v) is 3.99. The average molecular weight is 358 g/mol. The maximum absolute atomic E-state index is 13.0. The molecule has 0 N–H and O–H groups in total. The van der Waals surface area contributed by atoms with E-state index in [0.29, 0.717) is 18.8 Å². The first-order valence-electron chi connectivity index (χ1n) is 8.51. The predicted molar refractivity (Wildman–Crippen MR) is 102 cm³/mol. The van der Waals surface area contributed by atoms with Crippen LogP contribution in [0.25, 0.3) is 0 Å². The number of carbonyl (C=O) groups excluding carboxylic acids is 1. The Hall–Kier alpha value is -2.01. The van der Waals surface area contributed by atoms with E-state index in [2.05, 4.69) is 36.9 Å². The summed E-state index contributed by atoms with van der Waals surface area (Å²) < 4.78 is 13.0. The van der Waals surface area contributed by atoms with E-state index in [1.165, 1.54) is 28.2 Å². The van der Waals surface area contributed by atoms with Crippen LogP contribution in [0.2, 0.25) is 0 Å². The molecule has 132 valence electrons. The van der Waals surface area contributed by atoms with Crippen molar-refractivity contribution in [2.75, 3.05) is 36.8 Å². The van der Waals surface area contributed by atoms with Gasteiger partial charge in [0.15, 0.2) is 0 Å². The van der Waals surface area contributed by atoms with Crippen LogP contribution < -0.4 is 4.90 Å². The predicted octanol–water partition coefficient (Wildman–Crippen LogP) is 3.88. The molecule has 3 rings (SSSR count). The van der Waals surface area contributed by atoms with Crippen molar-refractivity contribution in [3.8, 4) is 0 Å². The Morgan fingerprint density at radius 1 is 1.04 bits per heavy atom. The maximum atomic E-state index is 13.0. The van der Waals surface area contributed by atoms with Gasteiger partial charge in [0.2, 0.25) is 5.91 Å². The summed E-state index contributed by atoms with van der Waals surface area (Å²) in [7, 11) is 0. The van der Waals surface area contributed by atoms with Crippen molar-refractivity contribution >= 4 is 23.4 Å². The highest BCUT2D eigenvalue weighted by Crippen LogP contribution is 2.24. The minimum absolute atomic E-state index is 0.185. The minimum Gasteiger partial charge on any atom is -0.368 e. The van der Waals surface area contributed by atoms with Gasteiger partial charge in [-0.3, -0.25) is 4.79 Å². The number of anilines is 1. The number of carbonyl (C=O) groups is 1. The lowest BCUT2D eigenvalue weighted by Crippen LogP contribution is -2.49. The third kappa shape index (κ3) is 4.54. The second kappa shape index (κ2) is 7.91. The number of thioether (sulfide) groups is 1. The van der Waals surface area contributed by atoms with E-state index in [0.717, 1.165) is 18.8 Å². The van der Waals surface area contributed by atoms with Gasteiger partial charge in [-0.2, -0.15) is 0 Å². The molecule has 0 spiro atoms. The van der Waals surface area contributed by atoms with Crippen LogP contribution in [-0.4, -0.2) is 42.7 Å². The first kappa shape index (κ1) is 17.8. The molecule has 2 aromatic carbocycles. The average Bonchev–Trinajstić information content (AvgIpc) is 2.63. The Balaban J connectivity index is 1.51. The Morgan fingerprint density at radius 3 is 2.40 bits per heavy atom. The molecule has 2 aromatic rings. The summed E-state index contributed by atoms with van der Waals surface area (Å²) in [5, 5.41) is 0. The van der Waals surface area contributed by atoms with E-state index in [9.17, 15) is 9.18 Å². The number of hydrogen-bond donors (Lipinski definition) is 0. The summed E-state index contributed by atoms with van der Waals surface area (Å²) in [5.74, 6) is 0.437. The number of nitrogens with zero attached hydrogens (tertiary/aromatic N) is 2. The molecule has 0 radical (unpaired) electrons. The van der Waals surface area contributed by atoms with Crippen molar-refractivity contribution < 1.29 is 9.18 Å². The maximum Gasteiger partial charge on any atom is 0.233 e. The molecule has 3 nitrogen and oxygen atoms in total. The van der Waals surface area contributed by atoms with Gasteiger partial charge in [0, 0.05) is 36.8 Å². The molecule has 0 unspecified atom stereocenters. The van der Waals surface area contributed by atoms with Gasteiger partial charge in [0.05, 0.1) is 5.75 Å². The van der Waals surface area contributed by atoms with Crippen LogP contribution in [0.4, 0.5) is 10.1 Å². The SMILES string of the molecule is Cc1ccc(C)c(SCC(=O)N2CCN(c3ccc(F)cc3)CC2)c1. The number of aryl methyl sites for hydroxylation is 2. The molecule has 1 heterocycles. The number of amides is 1. The summed E-state index contributed by atoms with van der Waals surface area (Å²) in [6.07, 6.45) is 0. The molecule has 0 bridgehead atoms. The van der Waals surface area contributed by atoms with Crippen molar-refractivity contribution in [3.05, 3.63) is 59.4 Å². The molecule has 1 aliphatic rings. The summed E-state index contributed by atoms with van der Waals surface area (Å²) in [6, 6.07) is 12.9. The molecule has 0 saturated carbocycles. The van der Waals surface area contributed by atoms with E-state index in [-0.39, 0.29) is 11.7 Å². The fourth-order valence-electron chi connectivity index (χ4n) is 2.96. The van der Waals surface area contributed by atoms with Gasteiger partial charge in [-0.1, -0.05) is 17.7 Å². The lowest BCUT2D eigenvalue weighted by molar-refractivity contribution is -0.128. The van der Waals surface area contributed by atoms with Crippen molar-refractivity contribution in [3.63, 3.8) is 0 Å². The molecular formula is C20H23FN2OS. The standard InChI is InChI=1S/C20H23FN2OS/c1-15-3-4-16(2)19(13-15)25-14-20(24)23-11-9-22(10-12-23)18-7-5-17(21)6-8-18/h3-8,13H,9-12,14H2,1-2H3. The summed E-state index contributed by atoms with van der Waals surface area (Å²) in [5.41, 5.74) is 3.44. The number of halogens is 1. The van der Waals surface area contributed by atoms with Crippen LogP contribution in [0.15, 0.2) is 47.4 Å². The van der Waals surface area contributed by atoms with E-state index in [4.69, 9.17) is 0 Å². The highest BCUT2D eigenvalue weighted by atomic mass is 32.2. The minimum atomic E-state index is -0.221. The van der Waals surface area contributed by atoms with E-state index in [1.807, 2.05) is 4.90 Å². The van der Waals surface area contributed by atoms with Crippen LogP contribution in [0.3, 0.4) is 0 Å². The monoisotopic (exact) mass is 358 g/mol. The van der Waals surface area contributed by atoms with Gasteiger partial charge in [0.25, 0.3) is 0 Å². The van der Waals surface area contributed by atoms with Crippen molar-refractivity contribution in [2.24, 2.45) is 0 Å². The molecule has 0 atom stereocenters. The van der Waals surface area contributed by atoms with Crippen molar-refractivity contribution in [1.29, 1.82) is 0 Å². The largest absolute Gasteiger partial charge is 0.368 e. The Bertz CT molecular complexity index is 740. The van der Waals surface area contributed by atoms with Crippen LogP contribution in [0, 0.1) is 19.7 Å². The molecule has 25 heavy (non-hydrogen) atoms. The second-order valence-corrected chi connectivity index (χ2v) is 7.42. The normalized spacial score (nSPS) is 14.7. The van der Waals surface area contributed by atoms with E-state index >= 15 is 0 Å². The second-order valence-electron chi connectivity index (χ2n) is 6.40. The lowest BCUT2D eigenvalue weighted by atomic mass is 10.2. The van der Waals surface area contributed by atoms with Crippen LogP contribution in [0.1, 0.15) is 11.1 Å². The van der Waals surface area contributed by atoms with Crippen LogP contribution in [-0.2, 0) is 4.79 Å². The van der Waals surface area contributed by atoms with Crippen molar-refractivity contribution in [2.45, 2.75) is 18.7 Å². The topological polar surface area (TPSA) is 23.6 Å². The fraction of sp³-hybridized carbons (Fsp3) is 0.350. The molecule has 0 aromatic heterocycles. The number of piperazine rings is 1. The highest BCUT2D eigenvalue weighted by molar-refractivity contribution is 8.00. The highest BCUT2D eigenvalue weighted by Gasteiger charge is 2.21. The van der Waals surface area contributed by atoms with E-state index < -0.39 is 0 Å². The number of rotatable bonds is 4. The number of hydrogen-bond acceptors (Lipinski definition) is 3. The quantitative estimate of drug-likeness (QED) is 0.775. The van der Waals surface area contributed by atoms with Gasteiger partial charge in [-0.05, 0) is 49.7 Å². The van der Waals surface area contributed by atoms with Gasteiger partial charge in [-0.15, -0.1) is 11.8 Å². The third-order valence-corrected chi connectivity index (χ3v) is 5.66. The van der Waals surface area contributed by atoms with Crippen LogP contribution in [0.5, 0.6) is 0 Å². The molecule has 1 amide bonds. The van der Waals surface area contributed by atoms with Gasteiger partial charge < -0.3 is 9.80 Å². The Morgan fingerprint density at radius 2 is 1.72 bits per heavy atom. The van der Waals surface area contributed by atoms with E-state index in [1.54, 1.807) is 23.9 Å². The smallest absolute Gasteiger partial charge is 0.233 e. The lowest BCUT2D eigenvalue weighted by Gasteiger charge is -2.36. The molecule has 0 aliphatic carbocycles. The Kier molecular flexibility index (Phi) is 5.63. The zero-order valence-electron chi connectivity index (χ0n) is 14.7. The first-order valence-corrected chi connectivity index (χ1v) is 9.50. The molecule has 5 heteroatoms. The zero-order chi connectivity index (χ0) is 17.8. The van der Waals surface area contributed by atoms with Gasteiger partial charge in [-0.25, -0.2) is 4.39 Å². The summed E-state index contributed by atoms with van der Waals surface area (Å²) >= 11 is 1.62. The number of benzene rings is 2. The molecule has 1 aliphatic heterocycles.